The van der Waals surface area contributed by atoms with Gasteiger partial charge in [0.2, 0.25) is 0 Å². The maximum Gasteiger partial charge on any atom is 0.262 e. The number of fused-ring (bicyclic) bond motifs is 1. The minimum atomic E-state index is -4.30. The lowest BCUT2D eigenvalue weighted by Gasteiger charge is -2.30. The van der Waals surface area contributed by atoms with Crippen molar-refractivity contribution in [1.82, 2.24) is 9.88 Å². The topological polar surface area (TPSA) is 90.0 Å². The van der Waals surface area contributed by atoms with Gasteiger partial charge in [-0.25, -0.2) is 21.6 Å². The van der Waals surface area contributed by atoms with E-state index < -0.39 is 32.4 Å². The van der Waals surface area contributed by atoms with Gasteiger partial charge in [-0.3, -0.25) is 9.71 Å². The van der Waals surface area contributed by atoms with Gasteiger partial charge in [0, 0.05) is 36.8 Å². The second-order valence-corrected chi connectivity index (χ2v) is 12.2. The Morgan fingerprint density at radius 3 is 2.53 bits per heavy atom. The predicted molar refractivity (Wildman–Crippen MR) is 157 cm³/mol. The van der Waals surface area contributed by atoms with Crippen LogP contribution in [0.3, 0.4) is 0 Å². The number of halogens is 3. The number of piperidine rings is 1. The van der Waals surface area contributed by atoms with Crippen molar-refractivity contribution in [3.63, 3.8) is 0 Å². The number of hydrogen-bond donors (Lipinski definition) is 1. The van der Waals surface area contributed by atoms with Crippen molar-refractivity contribution in [3.8, 4) is 23.0 Å². The fourth-order valence-electron chi connectivity index (χ4n) is 5.07. The lowest BCUT2D eigenvalue weighted by atomic mass is 10.0. The third-order valence-corrected chi connectivity index (χ3v) is 8.59. The SMILES string of the molecule is COc1cc2c(Oc3ccc(NS(=O)(=O)c4ccc(F)c(F)c4)cc3F)ccnc2cc1OCCCN1CCCC(C)C1. The Morgan fingerprint density at radius 2 is 1.79 bits per heavy atom. The van der Waals surface area contributed by atoms with E-state index in [0.29, 0.717) is 46.9 Å². The molecule has 0 bridgehead atoms. The minimum absolute atomic E-state index is 0.132. The van der Waals surface area contributed by atoms with Gasteiger partial charge in [-0.1, -0.05) is 6.92 Å². The smallest absolute Gasteiger partial charge is 0.262 e. The molecule has 1 aliphatic rings. The maximum absolute atomic E-state index is 15.0. The van der Waals surface area contributed by atoms with Crippen molar-refractivity contribution < 1.29 is 35.8 Å². The number of aromatic nitrogens is 1. The molecule has 5 rings (SSSR count). The molecule has 12 heteroatoms. The van der Waals surface area contributed by atoms with Gasteiger partial charge in [0.25, 0.3) is 10.0 Å². The molecule has 2 heterocycles. The van der Waals surface area contributed by atoms with Crippen LogP contribution < -0.4 is 18.9 Å². The third-order valence-electron chi connectivity index (χ3n) is 7.21. The van der Waals surface area contributed by atoms with Crippen molar-refractivity contribution in [2.24, 2.45) is 5.92 Å². The quantitative estimate of drug-likeness (QED) is 0.187. The molecule has 43 heavy (non-hydrogen) atoms. The van der Waals surface area contributed by atoms with E-state index in [4.69, 9.17) is 14.2 Å². The highest BCUT2D eigenvalue weighted by Gasteiger charge is 2.19. The highest BCUT2D eigenvalue weighted by atomic mass is 32.2. The van der Waals surface area contributed by atoms with Crippen LogP contribution in [0, 0.1) is 23.4 Å². The van der Waals surface area contributed by atoms with Crippen LogP contribution in [-0.4, -0.2) is 51.7 Å². The summed E-state index contributed by atoms with van der Waals surface area (Å²) in [5, 5.41) is 0.552. The molecule has 1 aromatic heterocycles. The molecular formula is C31H32F3N3O5S. The second kappa shape index (κ2) is 13.1. The van der Waals surface area contributed by atoms with E-state index in [2.05, 4.69) is 21.5 Å². The minimum Gasteiger partial charge on any atom is -0.493 e. The zero-order valence-electron chi connectivity index (χ0n) is 23.8. The fraction of sp³-hybridized carbons (Fsp3) is 0.323. The number of nitrogens with zero attached hydrogens (tertiary/aromatic N) is 2. The van der Waals surface area contributed by atoms with Crippen LogP contribution >= 0.6 is 0 Å². The van der Waals surface area contributed by atoms with Gasteiger partial charge < -0.3 is 19.1 Å². The summed E-state index contributed by atoms with van der Waals surface area (Å²) in [6, 6.07) is 10.6. The van der Waals surface area contributed by atoms with E-state index in [1.165, 1.54) is 38.3 Å². The predicted octanol–water partition coefficient (Wildman–Crippen LogP) is 6.75. The fourth-order valence-corrected chi connectivity index (χ4v) is 6.13. The Balaban J connectivity index is 1.28. The second-order valence-electron chi connectivity index (χ2n) is 10.5. The number of hydrogen-bond acceptors (Lipinski definition) is 7. The van der Waals surface area contributed by atoms with Gasteiger partial charge in [-0.2, -0.15) is 0 Å². The monoisotopic (exact) mass is 615 g/mol. The van der Waals surface area contributed by atoms with Crippen LogP contribution in [0.25, 0.3) is 10.9 Å². The highest BCUT2D eigenvalue weighted by molar-refractivity contribution is 7.92. The Hall–Kier alpha value is -4.03. The zero-order valence-corrected chi connectivity index (χ0v) is 24.6. The van der Waals surface area contributed by atoms with Crippen molar-refractivity contribution in [1.29, 1.82) is 0 Å². The molecule has 4 aromatic rings. The van der Waals surface area contributed by atoms with Gasteiger partial charge in [0.1, 0.15) is 5.75 Å². The summed E-state index contributed by atoms with van der Waals surface area (Å²) in [7, 11) is -2.77. The summed E-state index contributed by atoms with van der Waals surface area (Å²) in [5.74, 6) is -1.51. The first-order chi connectivity index (χ1) is 20.6. The number of likely N-dealkylation sites (tertiary alicyclic amines) is 1. The Bertz CT molecular complexity index is 1720. The van der Waals surface area contributed by atoms with Gasteiger partial charge >= 0.3 is 0 Å². The number of pyridine rings is 1. The summed E-state index contributed by atoms with van der Waals surface area (Å²) >= 11 is 0. The highest BCUT2D eigenvalue weighted by Crippen LogP contribution is 2.38. The molecule has 8 nitrogen and oxygen atoms in total. The van der Waals surface area contributed by atoms with Crippen LogP contribution in [0.15, 0.2) is 65.7 Å². The first-order valence-electron chi connectivity index (χ1n) is 13.9. The molecule has 0 radical (unpaired) electrons. The van der Waals surface area contributed by atoms with Gasteiger partial charge in [0.15, 0.2) is 34.7 Å². The van der Waals surface area contributed by atoms with Gasteiger partial charge in [0.05, 0.1) is 29.8 Å². The van der Waals surface area contributed by atoms with Crippen LogP contribution in [0.2, 0.25) is 0 Å². The van der Waals surface area contributed by atoms with Crippen LogP contribution in [-0.2, 0) is 10.0 Å². The van der Waals surface area contributed by atoms with Crippen LogP contribution in [0.1, 0.15) is 26.2 Å². The van der Waals surface area contributed by atoms with Crippen molar-refractivity contribution >= 4 is 26.6 Å². The van der Waals surface area contributed by atoms with E-state index >= 15 is 4.39 Å². The average Bonchev–Trinajstić information content (AvgIpc) is 2.97. The molecule has 0 spiro atoms. The summed E-state index contributed by atoms with van der Waals surface area (Å²) in [5.41, 5.74) is 0.418. The van der Waals surface area contributed by atoms with E-state index in [-0.39, 0.29) is 11.4 Å². The lowest BCUT2D eigenvalue weighted by molar-refractivity contribution is 0.169. The van der Waals surface area contributed by atoms with E-state index in [0.717, 1.165) is 44.1 Å². The lowest BCUT2D eigenvalue weighted by Crippen LogP contribution is -2.35. The van der Waals surface area contributed by atoms with Crippen molar-refractivity contribution in [3.05, 3.63) is 78.2 Å². The van der Waals surface area contributed by atoms with E-state index in [1.807, 2.05) is 0 Å². The largest absolute Gasteiger partial charge is 0.493 e. The molecule has 1 unspecified atom stereocenters. The number of rotatable bonds is 11. The molecule has 0 amide bonds. The summed E-state index contributed by atoms with van der Waals surface area (Å²) in [4.78, 5) is 6.36. The number of ether oxygens (including phenoxy) is 3. The van der Waals surface area contributed by atoms with E-state index in [1.54, 1.807) is 18.2 Å². The van der Waals surface area contributed by atoms with Gasteiger partial charge in [-0.05, 0) is 74.2 Å². The molecule has 1 saturated heterocycles. The summed E-state index contributed by atoms with van der Waals surface area (Å²) in [6.07, 6.45) is 4.90. The normalized spacial score (nSPS) is 15.8. The molecule has 0 saturated carbocycles. The zero-order chi connectivity index (χ0) is 30.6. The molecule has 3 aromatic carbocycles. The van der Waals surface area contributed by atoms with E-state index in [9.17, 15) is 17.2 Å². The van der Waals surface area contributed by atoms with Gasteiger partial charge in [-0.15, -0.1) is 0 Å². The summed E-state index contributed by atoms with van der Waals surface area (Å²) in [6.45, 7) is 5.99. The molecule has 1 atom stereocenters. The Labute approximate surface area is 248 Å². The molecule has 0 aliphatic carbocycles. The molecule has 1 fully saturated rings. The van der Waals surface area contributed by atoms with Crippen LogP contribution in [0.5, 0.6) is 23.0 Å². The summed E-state index contributed by atoms with van der Waals surface area (Å²) < 4.78 is 86.5. The number of anilines is 1. The number of nitrogens with one attached hydrogen (secondary N) is 1. The van der Waals surface area contributed by atoms with Crippen LogP contribution in [0.4, 0.5) is 18.9 Å². The number of methoxy groups -OCH3 is 1. The first kappa shape index (κ1) is 30.4. The molecule has 1 N–H and O–H groups in total. The Kier molecular flexibility index (Phi) is 9.26. The van der Waals surface area contributed by atoms with Crippen molar-refractivity contribution in [2.75, 3.05) is 38.1 Å². The Morgan fingerprint density at radius 1 is 0.953 bits per heavy atom. The molecule has 1 aliphatic heterocycles. The van der Waals surface area contributed by atoms with Crippen molar-refractivity contribution in [2.45, 2.75) is 31.1 Å². The average molecular weight is 616 g/mol. The first-order valence-corrected chi connectivity index (χ1v) is 15.4. The maximum atomic E-state index is 15.0. The standard InChI is InChI=1S/C31H32F3N3O5S/c1-20-5-3-12-37(19-20)13-4-14-41-31-18-27-23(17-30(31)40-2)28(10-11-35-27)42-29-9-6-21(15-26(29)34)36-43(38,39)22-7-8-24(32)25(33)16-22/h6-11,15-18,20,36H,3-5,12-14,19H2,1-2H3. The number of sulfonamides is 1. The number of benzene rings is 3. The third kappa shape index (κ3) is 7.31. The molecular weight excluding hydrogens is 583 g/mol. The molecule has 228 valence electrons.